The molecule has 1 aliphatic rings. The number of hydrogen-bond donors (Lipinski definition) is 1. The zero-order chi connectivity index (χ0) is 17.4. The number of benzene rings is 1. The molecule has 2 atom stereocenters. The van der Waals surface area contributed by atoms with Gasteiger partial charge in [-0.05, 0) is 50.5 Å². The summed E-state index contributed by atoms with van der Waals surface area (Å²) in [4.78, 5) is 23.5. The summed E-state index contributed by atoms with van der Waals surface area (Å²) in [6, 6.07) is 6.74. The lowest BCUT2D eigenvalue weighted by Crippen LogP contribution is -2.35. The molecule has 0 saturated carbocycles. The molecule has 1 aromatic rings. The first kappa shape index (κ1) is 18.3. The van der Waals surface area contributed by atoms with Crippen molar-refractivity contribution >= 4 is 11.9 Å². The summed E-state index contributed by atoms with van der Waals surface area (Å²) in [6.45, 7) is 4.90. The van der Waals surface area contributed by atoms with Gasteiger partial charge in [-0.1, -0.05) is 6.92 Å². The standard InChI is InChI=1S/C18H25NO5/c1-3-13(2)19-17(20)12-24-18(21)14-6-8-15(9-7-14)23-11-16-5-4-10-22-16/h6-9,13,16H,3-5,10-12H2,1-2H3,(H,19,20)/t13-,16-/m0/s1. The molecule has 1 amide bonds. The highest BCUT2D eigenvalue weighted by atomic mass is 16.5. The van der Waals surface area contributed by atoms with E-state index >= 15 is 0 Å². The number of ether oxygens (including phenoxy) is 3. The highest BCUT2D eigenvalue weighted by Crippen LogP contribution is 2.17. The minimum Gasteiger partial charge on any atom is -0.491 e. The van der Waals surface area contributed by atoms with Crippen molar-refractivity contribution in [2.24, 2.45) is 0 Å². The number of carbonyl (C=O) groups is 2. The van der Waals surface area contributed by atoms with Gasteiger partial charge in [-0.25, -0.2) is 4.79 Å². The molecule has 1 saturated heterocycles. The molecule has 6 heteroatoms. The molecule has 0 unspecified atom stereocenters. The Balaban J connectivity index is 1.75. The molecule has 6 nitrogen and oxygen atoms in total. The summed E-state index contributed by atoms with van der Waals surface area (Å²) in [5.41, 5.74) is 0.385. The van der Waals surface area contributed by atoms with Crippen molar-refractivity contribution in [2.45, 2.75) is 45.3 Å². The van der Waals surface area contributed by atoms with Crippen LogP contribution in [0.15, 0.2) is 24.3 Å². The topological polar surface area (TPSA) is 73.9 Å². The quantitative estimate of drug-likeness (QED) is 0.738. The fourth-order valence-corrected chi connectivity index (χ4v) is 2.29. The molecule has 2 rings (SSSR count). The predicted molar refractivity (Wildman–Crippen MR) is 89.1 cm³/mol. The summed E-state index contributed by atoms with van der Waals surface area (Å²) in [7, 11) is 0. The van der Waals surface area contributed by atoms with E-state index in [1.54, 1.807) is 24.3 Å². The second kappa shape index (κ2) is 9.27. The summed E-state index contributed by atoms with van der Waals surface area (Å²) >= 11 is 0. The van der Waals surface area contributed by atoms with Crippen LogP contribution in [0, 0.1) is 0 Å². The number of nitrogens with one attached hydrogen (secondary N) is 1. The average molecular weight is 335 g/mol. The van der Waals surface area contributed by atoms with Gasteiger partial charge in [0, 0.05) is 12.6 Å². The molecule has 0 spiro atoms. The van der Waals surface area contributed by atoms with Gasteiger partial charge in [0.15, 0.2) is 6.61 Å². The van der Waals surface area contributed by atoms with Crippen LogP contribution in [0.2, 0.25) is 0 Å². The number of amides is 1. The Morgan fingerprint density at radius 1 is 1.33 bits per heavy atom. The predicted octanol–water partition coefficient (Wildman–Crippen LogP) is 2.32. The van der Waals surface area contributed by atoms with Gasteiger partial charge in [0.1, 0.15) is 12.4 Å². The maximum Gasteiger partial charge on any atom is 0.338 e. The van der Waals surface area contributed by atoms with Crippen LogP contribution < -0.4 is 10.1 Å². The van der Waals surface area contributed by atoms with E-state index in [0.29, 0.717) is 17.9 Å². The Morgan fingerprint density at radius 2 is 2.08 bits per heavy atom. The molecule has 1 aromatic carbocycles. The normalized spacial score (nSPS) is 18.0. The fourth-order valence-electron chi connectivity index (χ4n) is 2.29. The Hall–Kier alpha value is -2.08. The molecule has 0 bridgehead atoms. The maximum absolute atomic E-state index is 11.9. The van der Waals surface area contributed by atoms with E-state index in [1.807, 2.05) is 13.8 Å². The van der Waals surface area contributed by atoms with Gasteiger partial charge >= 0.3 is 5.97 Å². The van der Waals surface area contributed by atoms with Crippen LogP contribution >= 0.6 is 0 Å². The molecule has 1 fully saturated rings. The molecule has 132 valence electrons. The first-order chi connectivity index (χ1) is 11.6. The van der Waals surface area contributed by atoms with Crippen molar-refractivity contribution in [3.63, 3.8) is 0 Å². The van der Waals surface area contributed by atoms with E-state index in [9.17, 15) is 9.59 Å². The Labute approximate surface area is 142 Å². The molecule has 1 N–H and O–H groups in total. The lowest BCUT2D eigenvalue weighted by molar-refractivity contribution is -0.124. The minimum atomic E-state index is -0.528. The van der Waals surface area contributed by atoms with Gasteiger partial charge < -0.3 is 19.5 Å². The summed E-state index contributed by atoms with van der Waals surface area (Å²) < 4.78 is 16.1. The Kier molecular flexibility index (Phi) is 7.06. The monoisotopic (exact) mass is 335 g/mol. The zero-order valence-electron chi connectivity index (χ0n) is 14.2. The van der Waals surface area contributed by atoms with Gasteiger partial charge in [-0.15, -0.1) is 0 Å². The fraction of sp³-hybridized carbons (Fsp3) is 0.556. The van der Waals surface area contributed by atoms with Crippen LogP contribution in [0.25, 0.3) is 0 Å². The van der Waals surface area contributed by atoms with E-state index in [1.165, 1.54) is 0 Å². The van der Waals surface area contributed by atoms with E-state index in [0.717, 1.165) is 25.9 Å². The van der Waals surface area contributed by atoms with Gasteiger partial charge in [0.2, 0.25) is 0 Å². The van der Waals surface area contributed by atoms with Crippen LogP contribution in [0.5, 0.6) is 5.75 Å². The van der Waals surface area contributed by atoms with Gasteiger partial charge in [-0.3, -0.25) is 4.79 Å². The SMILES string of the molecule is CC[C@H](C)NC(=O)COC(=O)c1ccc(OC[C@@H]2CCCO2)cc1. The van der Waals surface area contributed by atoms with E-state index < -0.39 is 5.97 Å². The molecular formula is C18H25NO5. The van der Waals surface area contributed by atoms with Gasteiger partial charge in [-0.2, -0.15) is 0 Å². The highest BCUT2D eigenvalue weighted by molar-refractivity contribution is 5.91. The molecule has 0 aliphatic carbocycles. The number of esters is 1. The Morgan fingerprint density at radius 3 is 2.71 bits per heavy atom. The summed E-state index contributed by atoms with van der Waals surface area (Å²) in [5, 5.41) is 2.74. The third kappa shape index (κ3) is 5.85. The van der Waals surface area contributed by atoms with Crippen molar-refractivity contribution in [1.82, 2.24) is 5.32 Å². The van der Waals surface area contributed by atoms with Crippen LogP contribution in [-0.2, 0) is 14.3 Å². The molecule has 0 radical (unpaired) electrons. The average Bonchev–Trinajstić information content (AvgIpc) is 3.11. The van der Waals surface area contributed by atoms with E-state index in [-0.39, 0.29) is 24.7 Å². The highest BCUT2D eigenvalue weighted by Gasteiger charge is 2.16. The Bertz CT molecular complexity index is 537. The van der Waals surface area contributed by atoms with Crippen molar-refractivity contribution < 1.29 is 23.8 Å². The number of rotatable bonds is 8. The number of hydrogen-bond acceptors (Lipinski definition) is 5. The summed E-state index contributed by atoms with van der Waals surface area (Å²) in [6.07, 6.45) is 3.07. The first-order valence-corrected chi connectivity index (χ1v) is 8.39. The largest absolute Gasteiger partial charge is 0.491 e. The number of carbonyl (C=O) groups excluding carboxylic acids is 2. The van der Waals surface area contributed by atoms with Crippen LogP contribution in [0.1, 0.15) is 43.5 Å². The second-order valence-corrected chi connectivity index (χ2v) is 5.92. The molecule has 1 aliphatic heterocycles. The van der Waals surface area contributed by atoms with Gasteiger partial charge in [0.25, 0.3) is 5.91 Å². The van der Waals surface area contributed by atoms with Crippen molar-refractivity contribution in [2.75, 3.05) is 19.8 Å². The van der Waals surface area contributed by atoms with Crippen molar-refractivity contribution in [3.05, 3.63) is 29.8 Å². The second-order valence-electron chi connectivity index (χ2n) is 5.92. The third-order valence-corrected chi connectivity index (χ3v) is 3.90. The molecule has 0 aromatic heterocycles. The molecule has 1 heterocycles. The van der Waals surface area contributed by atoms with Crippen LogP contribution in [0.3, 0.4) is 0 Å². The van der Waals surface area contributed by atoms with Gasteiger partial charge in [0.05, 0.1) is 11.7 Å². The van der Waals surface area contributed by atoms with E-state index in [4.69, 9.17) is 14.2 Å². The summed E-state index contributed by atoms with van der Waals surface area (Å²) in [5.74, 6) is -0.147. The van der Waals surface area contributed by atoms with Crippen molar-refractivity contribution in [3.8, 4) is 5.75 Å². The lowest BCUT2D eigenvalue weighted by Gasteiger charge is -2.12. The van der Waals surface area contributed by atoms with Crippen molar-refractivity contribution in [1.29, 1.82) is 0 Å². The lowest BCUT2D eigenvalue weighted by atomic mass is 10.2. The molecule has 24 heavy (non-hydrogen) atoms. The van der Waals surface area contributed by atoms with E-state index in [2.05, 4.69) is 5.32 Å². The van der Waals surface area contributed by atoms with Crippen LogP contribution in [0.4, 0.5) is 0 Å². The first-order valence-electron chi connectivity index (χ1n) is 8.39. The zero-order valence-corrected chi connectivity index (χ0v) is 14.2. The van der Waals surface area contributed by atoms with Crippen LogP contribution in [-0.4, -0.2) is 43.8 Å². The third-order valence-electron chi connectivity index (χ3n) is 3.90. The maximum atomic E-state index is 11.9. The minimum absolute atomic E-state index is 0.0662. The smallest absolute Gasteiger partial charge is 0.338 e. The molecular weight excluding hydrogens is 310 g/mol.